The lowest BCUT2D eigenvalue weighted by Crippen LogP contribution is -2.36. The molecule has 3 aromatic carbocycles. The van der Waals surface area contributed by atoms with Crippen LogP contribution in [0.2, 0.25) is 0 Å². The maximum Gasteiger partial charge on any atom is 0.253 e. The van der Waals surface area contributed by atoms with Crippen molar-refractivity contribution >= 4 is 29.1 Å². The van der Waals surface area contributed by atoms with Gasteiger partial charge in [-0.3, -0.25) is 14.4 Å². The first-order chi connectivity index (χ1) is 18.0. The topological polar surface area (TPSA) is 90.5 Å². The molecule has 0 saturated heterocycles. The fourth-order valence-electron chi connectivity index (χ4n) is 4.55. The third kappa shape index (κ3) is 7.67. The van der Waals surface area contributed by atoms with E-state index in [4.69, 9.17) is 0 Å². The van der Waals surface area contributed by atoms with Crippen LogP contribution >= 0.6 is 0 Å². The summed E-state index contributed by atoms with van der Waals surface area (Å²) < 4.78 is 0. The van der Waals surface area contributed by atoms with E-state index in [0.717, 1.165) is 31.2 Å². The van der Waals surface area contributed by atoms with Gasteiger partial charge in [-0.15, -0.1) is 0 Å². The number of anilines is 2. The summed E-state index contributed by atoms with van der Waals surface area (Å²) in [6.45, 7) is 0.535. The molecule has 3 N–H and O–H groups in total. The fraction of sp³-hybridized carbons (Fsp3) is 0.300. The summed E-state index contributed by atoms with van der Waals surface area (Å²) >= 11 is 0. The average molecular weight is 499 g/mol. The van der Waals surface area contributed by atoms with Gasteiger partial charge in [0, 0.05) is 42.1 Å². The number of amides is 3. The number of nitrogens with zero attached hydrogens (tertiary/aromatic N) is 1. The lowest BCUT2D eigenvalue weighted by Gasteiger charge is -2.22. The van der Waals surface area contributed by atoms with Gasteiger partial charge in [-0.25, -0.2) is 0 Å². The highest BCUT2D eigenvalue weighted by Gasteiger charge is 2.17. The number of hydrogen-bond donors (Lipinski definition) is 3. The Morgan fingerprint density at radius 2 is 1.49 bits per heavy atom. The van der Waals surface area contributed by atoms with Crippen LogP contribution in [0.25, 0.3) is 0 Å². The Morgan fingerprint density at radius 3 is 2.24 bits per heavy atom. The fourth-order valence-corrected chi connectivity index (χ4v) is 4.55. The minimum atomic E-state index is -0.247. The van der Waals surface area contributed by atoms with Crippen molar-refractivity contribution in [2.75, 3.05) is 24.2 Å². The third-order valence-corrected chi connectivity index (χ3v) is 6.52. The number of carbonyl (C=O) groups excluding carboxylic acids is 3. The molecule has 0 bridgehead atoms. The number of nitrogens with one attached hydrogen (secondary N) is 3. The van der Waals surface area contributed by atoms with Gasteiger partial charge >= 0.3 is 0 Å². The Kier molecular flexibility index (Phi) is 8.92. The maximum atomic E-state index is 12.9. The molecular weight excluding hydrogens is 464 g/mol. The molecule has 0 atom stereocenters. The van der Waals surface area contributed by atoms with E-state index in [1.165, 1.54) is 6.42 Å². The van der Waals surface area contributed by atoms with Gasteiger partial charge in [0.05, 0.1) is 6.54 Å². The minimum Gasteiger partial charge on any atom is -0.376 e. The zero-order chi connectivity index (χ0) is 26.0. The normalized spacial score (nSPS) is 13.4. The van der Waals surface area contributed by atoms with Crippen LogP contribution in [0.3, 0.4) is 0 Å². The molecule has 7 nitrogen and oxygen atoms in total. The van der Waals surface area contributed by atoms with E-state index >= 15 is 0 Å². The summed E-state index contributed by atoms with van der Waals surface area (Å²) in [5.74, 6) is -0.456. The average Bonchev–Trinajstić information content (AvgIpc) is 2.93. The van der Waals surface area contributed by atoms with Crippen LogP contribution in [0.5, 0.6) is 0 Å². The highest BCUT2D eigenvalue weighted by molar-refractivity contribution is 5.98. The molecule has 1 aliphatic carbocycles. The number of carbonyl (C=O) groups is 3. The SMILES string of the molecule is CN(Cc1ccccc1)C(=O)c1cccc(NCC(=O)Nc2cccc(C(=O)NC3CCCCC3)c2)c1. The van der Waals surface area contributed by atoms with Crippen LogP contribution in [0.1, 0.15) is 58.4 Å². The van der Waals surface area contributed by atoms with E-state index in [1.807, 2.05) is 36.4 Å². The van der Waals surface area contributed by atoms with Crippen molar-refractivity contribution in [3.05, 3.63) is 95.6 Å². The summed E-state index contributed by atoms with van der Waals surface area (Å²) in [5.41, 5.74) is 3.37. The highest BCUT2D eigenvalue weighted by atomic mass is 16.2. The van der Waals surface area contributed by atoms with E-state index in [-0.39, 0.29) is 30.3 Å². The molecule has 4 rings (SSSR count). The van der Waals surface area contributed by atoms with Gasteiger partial charge in [0.15, 0.2) is 0 Å². The molecule has 0 spiro atoms. The molecule has 192 valence electrons. The monoisotopic (exact) mass is 498 g/mol. The van der Waals surface area contributed by atoms with Crippen LogP contribution in [-0.2, 0) is 11.3 Å². The Hall–Kier alpha value is -4.13. The Bertz CT molecular complexity index is 1220. The smallest absolute Gasteiger partial charge is 0.253 e. The van der Waals surface area contributed by atoms with E-state index in [1.54, 1.807) is 54.4 Å². The van der Waals surface area contributed by atoms with Crippen LogP contribution in [0.4, 0.5) is 11.4 Å². The van der Waals surface area contributed by atoms with Gasteiger partial charge in [-0.2, -0.15) is 0 Å². The van der Waals surface area contributed by atoms with Gasteiger partial charge in [-0.1, -0.05) is 61.7 Å². The minimum absolute atomic E-state index is 0.0238. The molecule has 1 saturated carbocycles. The summed E-state index contributed by atoms with van der Waals surface area (Å²) in [6, 6.07) is 24.1. The largest absolute Gasteiger partial charge is 0.376 e. The van der Waals surface area contributed by atoms with Crippen molar-refractivity contribution in [2.24, 2.45) is 0 Å². The molecule has 0 radical (unpaired) electrons. The van der Waals surface area contributed by atoms with Crippen LogP contribution in [0, 0.1) is 0 Å². The second kappa shape index (κ2) is 12.7. The summed E-state index contributed by atoms with van der Waals surface area (Å²) in [7, 11) is 1.77. The van der Waals surface area contributed by atoms with Crippen LogP contribution in [-0.4, -0.2) is 42.3 Å². The van der Waals surface area contributed by atoms with Crippen molar-refractivity contribution in [3.8, 4) is 0 Å². The molecule has 0 unspecified atom stereocenters. The van der Waals surface area contributed by atoms with E-state index in [0.29, 0.717) is 29.0 Å². The molecular formula is C30H34N4O3. The number of benzene rings is 3. The first kappa shape index (κ1) is 25.9. The van der Waals surface area contributed by atoms with E-state index < -0.39 is 0 Å². The van der Waals surface area contributed by atoms with Crippen LogP contribution in [0.15, 0.2) is 78.9 Å². The lowest BCUT2D eigenvalue weighted by molar-refractivity contribution is -0.114. The molecule has 0 heterocycles. The standard InChI is InChI=1S/C30H34N4O3/c1-34(21-22-10-4-2-5-11-22)30(37)24-13-9-16-26(19-24)31-20-28(35)32-27-17-8-12-23(18-27)29(36)33-25-14-6-3-7-15-25/h2,4-5,8-13,16-19,25,31H,3,6-7,14-15,20-21H2,1H3,(H,32,35)(H,33,36). The van der Waals surface area contributed by atoms with Gasteiger partial charge < -0.3 is 20.9 Å². The van der Waals surface area contributed by atoms with E-state index in [2.05, 4.69) is 16.0 Å². The second-order valence-electron chi connectivity index (χ2n) is 9.52. The first-order valence-electron chi connectivity index (χ1n) is 12.8. The Morgan fingerprint density at radius 1 is 0.811 bits per heavy atom. The molecule has 1 fully saturated rings. The van der Waals surface area contributed by atoms with Gasteiger partial charge in [0.1, 0.15) is 0 Å². The molecule has 0 aromatic heterocycles. The Labute approximate surface area is 218 Å². The molecule has 1 aliphatic rings. The molecule has 3 aromatic rings. The molecule has 37 heavy (non-hydrogen) atoms. The van der Waals surface area contributed by atoms with Gasteiger partial charge in [0.2, 0.25) is 5.91 Å². The molecule has 0 aliphatic heterocycles. The second-order valence-corrected chi connectivity index (χ2v) is 9.52. The molecule has 7 heteroatoms. The van der Waals surface area contributed by atoms with Crippen molar-refractivity contribution in [3.63, 3.8) is 0 Å². The highest BCUT2D eigenvalue weighted by Crippen LogP contribution is 2.19. The predicted octanol–water partition coefficient (Wildman–Crippen LogP) is 5.07. The quantitative estimate of drug-likeness (QED) is 0.384. The van der Waals surface area contributed by atoms with Crippen molar-refractivity contribution in [1.29, 1.82) is 0 Å². The zero-order valence-electron chi connectivity index (χ0n) is 21.2. The van der Waals surface area contributed by atoms with E-state index in [9.17, 15) is 14.4 Å². The summed E-state index contributed by atoms with van der Waals surface area (Å²) in [5, 5.41) is 9.02. The Balaban J connectivity index is 1.29. The predicted molar refractivity (Wildman–Crippen MR) is 147 cm³/mol. The lowest BCUT2D eigenvalue weighted by atomic mass is 9.95. The zero-order valence-corrected chi connectivity index (χ0v) is 21.2. The van der Waals surface area contributed by atoms with Crippen molar-refractivity contribution in [1.82, 2.24) is 10.2 Å². The van der Waals surface area contributed by atoms with Crippen LogP contribution < -0.4 is 16.0 Å². The first-order valence-corrected chi connectivity index (χ1v) is 12.8. The summed E-state index contributed by atoms with van der Waals surface area (Å²) in [6.07, 6.45) is 5.56. The van der Waals surface area contributed by atoms with Crippen molar-refractivity contribution < 1.29 is 14.4 Å². The van der Waals surface area contributed by atoms with Gasteiger partial charge in [0.25, 0.3) is 11.8 Å². The third-order valence-electron chi connectivity index (χ3n) is 6.52. The van der Waals surface area contributed by atoms with Crippen molar-refractivity contribution in [2.45, 2.75) is 44.7 Å². The molecule has 3 amide bonds. The number of hydrogen-bond acceptors (Lipinski definition) is 4. The van der Waals surface area contributed by atoms with Gasteiger partial charge in [-0.05, 0) is 54.8 Å². The summed E-state index contributed by atoms with van der Waals surface area (Å²) in [4.78, 5) is 39.7. The maximum absolute atomic E-state index is 12.9. The number of rotatable bonds is 9.